The van der Waals surface area contributed by atoms with Gasteiger partial charge in [-0.05, 0) is 72.3 Å². The molecule has 0 bridgehead atoms. The second-order valence-electron chi connectivity index (χ2n) is 8.97. The second-order valence-corrected chi connectivity index (χ2v) is 9.75. The van der Waals surface area contributed by atoms with Crippen LogP contribution in [0.4, 0.5) is 0 Å². The van der Waals surface area contributed by atoms with Gasteiger partial charge in [0.25, 0.3) is 5.91 Å². The quantitative estimate of drug-likeness (QED) is 0.469. The number of carbonyl (C=O) groups is 1. The minimum absolute atomic E-state index is 0.135. The number of amides is 1. The van der Waals surface area contributed by atoms with Crippen LogP contribution in [0.1, 0.15) is 46.8 Å². The Bertz CT molecular complexity index is 983. The van der Waals surface area contributed by atoms with Gasteiger partial charge in [-0.2, -0.15) is 11.3 Å². The van der Waals surface area contributed by atoms with Crippen molar-refractivity contribution in [3.63, 3.8) is 0 Å². The lowest BCUT2D eigenvalue weighted by molar-refractivity contribution is 0.0668. The number of likely N-dealkylation sites (tertiary alicyclic amines) is 1. The van der Waals surface area contributed by atoms with Crippen LogP contribution >= 0.6 is 11.3 Å². The molecule has 0 saturated carbocycles. The molecule has 1 aromatic heterocycles. The molecule has 0 N–H and O–H groups in total. The van der Waals surface area contributed by atoms with Gasteiger partial charge in [0.2, 0.25) is 0 Å². The van der Waals surface area contributed by atoms with Crippen molar-refractivity contribution >= 4 is 17.2 Å². The van der Waals surface area contributed by atoms with Crippen LogP contribution in [-0.4, -0.2) is 41.4 Å². The Balaban J connectivity index is 1.59. The molecule has 2 aromatic carbocycles. The van der Waals surface area contributed by atoms with Gasteiger partial charge in [0.1, 0.15) is 0 Å². The van der Waals surface area contributed by atoms with E-state index in [1.54, 1.807) is 11.3 Å². The predicted octanol–water partition coefficient (Wildman–Crippen LogP) is 5.82. The fourth-order valence-corrected chi connectivity index (χ4v) is 5.46. The molecule has 1 saturated heterocycles. The molecular formula is C27H32N2OS. The van der Waals surface area contributed by atoms with Gasteiger partial charge in [0.05, 0.1) is 0 Å². The van der Waals surface area contributed by atoms with Crippen LogP contribution in [-0.2, 0) is 6.54 Å². The summed E-state index contributed by atoms with van der Waals surface area (Å²) in [7, 11) is 0. The minimum Gasteiger partial charge on any atom is -0.336 e. The minimum atomic E-state index is 0.135. The first kappa shape index (κ1) is 21.8. The number of thiophene rings is 1. The molecular weight excluding hydrogens is 400 g/mol. The zero-order valence-corrected chi connectivity index (χ0v) is 19.5. The molecule has 1 amide bonds. The summed E-state index contributed by atoms with van der Waals surface area (Å²) in [5.74, 6) is 0.981. The molecule has 31 heavy (non-hydrogen) atoms. The van der Waals surface area contributed by atoms with E-state index >= 15 is 0 Å². The highest BCUT2D eigenvalue weighted by molar-refractivity contribution is 7.07. The summed E-state index contributed by atoms with van der Waals surface area (Å²) >= 11 is 1.76. The highest BCUT2D eigenvalue weighted by Crippen LogP contribution is 2.36. The fourth-order valence-electron chi connectivity index (χ4n) is 4.80. The Hall–Kier alpha value is -2.43. The molecule has 0 unspecified atom stereocenters. The third-order valence-electron chi connectivity index (χ3n) is 6.43. The molecule has 0 aliphatic carbocycles. The number of nitrogens with zero attached hydrogens (tertiary/aromatic N) is 2. The summed E-state index contributed by atoms with van der Waals surface area (Å²) in [6, 6.07) is 20.8. The summed E-state index contributed by atoms with van der Waals surface area (Å²) in [4.78, 5) is 18.0. The molecule has 1 aliphatic rings. The molecule has 4 heteroatoms. The van der Waals surface area contributed by atoms with Gasteiger partial charge in [-0.1, -0.05) is 42.5 Å². The lowest BCUT2D eigenvalue weighted by atomic mass is 9.86. The van der Waals surface area contributed by atoms with Gasteiger partial charge in [-0.3, -0.25) is 9.69 Å². The smallest absolute Gasteiger partial charge is 0.254 e. The first-order valence-electron chi connectivity index (χ1n) is 11.2. The Morgan fingerprint density at radius 1 is 1.06 bits per heavy atom. The van der Waals surface area contributed by atoms with Crippen LogP contribution in [0.2, 0.25) is 0 Å². The molecule has 0 radical (unpaired) electrons. The van der Waals surface area contributed by atoms with Crippen molar-refractivity contribution in [2.24, 2.45) is 5.92 Å². The lowest BCUT2D eigenvalue weighted by Gasteiger charge is -2.32. The first-order chi connectivity index (χ1) is 15.0. The van der Waals surface area contributed by atoms with E-state index in [1.165, 1.54) is 16.7 Å². The number of carbonyl (C=O) groups excluding carboxylic acids is 1. The predicted molar refractivity (Wildman–Crippen MR) is 130 cm³/mol. The van der Waals surface area contributed by atoms with E-state index in [1.807, 2.05) is 30.3 Å². The standard InChI is InChI=1S/C27H32N2OS/c1-20(2)29(27(30)23-10-5-4-6-11-23)17-24-16-28(15-22-13-14-31-19-22)18-26(24)25-12-8-7-9-21(25)3/h4-14,19-20,24,26H,15-18H2,1-3H3/t24-,26-/m1/s1. The maximum atomic E-state index is 13.3. The van der Waals surface area contributed by atoms with E-state index in [9.17, 15) is 4.79 Å². The van der Waals surface area contributed by atoms with Crippen LogP contribution in [0, 0.1) is 12.8 Å². The van der Waals surface area contributed by atoms with Gasteiger partial charge < -0.3 is 4.90 Å². The summed E-state index contributed by atoms with van der Waals surface area (Å²) in [5, 5.41) is 4.40. The summed E-state index contributed by atoms with van der Waals surface area (Å²) in [6.45, 7) is 10.3. The zero-order chi connectivity index (χ0) is 21.8. The van der Waals surface area contributed by atoms with E-state index in [4.69, 9.17) is 0 Å². The van der Waals surface area contributed by atoms with Gasteiger partial charge in [0.15, 0.2) is 0 Å². The highest BCUT2D eigenvalue weighted by Gasteiger charge is 2.37. The molecule has 1 aliphatic heterocycles. The van der Waals surface area contributed by atoms with Crippen LogP contribution < -0.4 is 0 Å². The number of hydrogen-bond acceptors (Lipinski definition) is 3. The fraction of sp³-hybridized carbons (Fsp3) is 0.370. The first-order valence-corrected chi connectivity index (χ1v) is 12.1. The molecule has 1 fully saturated rings. The second kappa shape index (κ2) is 9.80. The van der Waals surface area contributed by atoms with E-state index < -0.39 is 0 Å². The van der Waals surface area contributed by atoms with Crippen LogP contribution in [0.5, 0.6) is 0 Å². The van der Waals surface area contributed by atoms with E-state index in [-0.39, 0.29) is 11.9 Å². The van der Waals surface area contributed by atoms with Gasteiger partial charge in [-0.25, -0.2) is 0 Å². The number of rotatable bonds is 7. The topological polar surface area (TPSA) is 23.6 Å². The summed E-state index contributed by atoms with van der Waals surface area (Å²) in [6.07, 6.45) is 0. The summed E-state index contributed by atoms with van der Waals surface area (Å²) < 4.78 is 0. The van der Waals surface area contributed by atoms with Crippen molar-refractivity contribution in [3.05, 3.63) is 93.7 Å². The van der Waals surface area contributed by atoms with Gasteiger partial charge >= 0.3 is 0 Å². The van der Waals surface area contributed by atoms with Crippen molar-refractivity contribution in [1.29, 1.82) is 0 Å². The molecule has 162 valence electrons. The summed E-state index contributed by atoms with van der Waals surface area (Å²) in [5.41, 5.74) is 4.93. The van der Waals surface area contributed by atoms with E-state index in [0.29, 0.717) is 11.8 Å². The normalized spacial score (nSPS) is 19.1. The maximum absolute atomic E-state index is 13.3. The SMILES string of the molecule is Cc1ccccc1[C@@H]1CN(Cc2ccsc2)C[C@@H]1CN(C(=O)c1ccccc1)C(C)C. The average molecular weight is 433 g/mol. The van der Waals surface area contributed by atoms with Crippen molar-refractivity contribution in [2.45, 2.75) is 39.3 Å². The molecule has 4 rings (SSSR count). The molecule has 0 spiro atoms. The molecule has 2 atom stereocenters. The number of hydrogen-bond donors (Lipinski definition) is 0. The molecule has 3 nitrogen and oxygen atoms in total. The van der Waals surface area contributed by atoms with Gasteiger partial charge in [0, 0.05) is 43.7 Å². The third kappa shape index (κ3) is 5.08. The Morgan fingerprint density at radius 3 is 2.48 bits per heavy atom. The van der Waals surface area contributed by atoms with Crippen LogP contribution in [0.25, 0.3) is 0 Å². The average Bonchev–Trinajstić information content (AvgIpc) is 3.42. The van der Waals surface area contributed by atoms with E-state index in [0.717, 1.165) is 31.7 Å². The third-order valence-corrected chi connectivity index (χ3v) is 7.16. The maximum Gasteiger partial charge on any atom is 0.254 e. The zero-order valence-electron chi connectivity index (χ0n) is 18.7. The van der Waals surface area contributed by atoms with Crippen molar-refractivity contribution in [3.8, 4) is 0 Å². The van der Waals surface area contributed by atoms with Crippen LogP contribution in [0.15, 0.2) is 71.4 Å². The largest absolute Gasteiger partial charge is 0.336 e. The van der Waals surface area contributed by atoms with Crippen molar-refractivity contribution in [2.75, 3.05) is 19.6 Å². The monoisotopic (exact) mass is 432 g/mol. The van der Waals surface area contributed by atoms with Crippen molar-refractivity contribution in [1.82, 2.24) is 9.80 Å². The molecule has 2 heterocycles. The van der Waals surface area contributed by atoms with Crippen LogP contribution in [0.3, 0.4) is 0 Å². The Kier molecular flexibility index (Phi) is 6.89. The van der Waals surface area contributed by atoms with Crippen molar-refractivity contribution < 1.29 is 4.79 Å². The number of benzene rings is 2. The molecule has 3 aromatic rings. The van der Waals surface area contributed by atoms with Gasteiger partial charge in [-0.15, -0.1) is 0 Å². The Morgan fingerprint density at radius 2 is 1.81 bits per heavy atom. The highest BCUT2D eigenvalue weighted by atomic mass is 32.1. The van der Waals surface area contributed by atoms with E-state index in [2.05, 4.69) is 71.7 Å². The Labute approximate surface area is 190 Å². The lowest BCUT2D eigenvalue weighted by Crippen LogP contribution is -2.42. The number of aryl methyl sites for hydroxylation is 1.